The van der Waals surface area contributed by atoms with Gasteiger partial charge in [-0.1, -0.05) is 204 Å². The van der Waals surface area contributed by atoms with Crippen LogP contribution in [0, 0.1) is 0 Å². The Balaban J connectivity index is -0.000000331. The molecule has 6 aromatic carbocycles. The van der Waals surface area contributed by atoms with Gasteiger partial charge in [0.2, 0.25) is 5.24 Å². The van der Waals surface area contributed by atoms with E-state index in [0.717, 1.165) is 40.3 Å². The Morgan fingerprint density at radius 3 is 0.597 bits per heavy atom. The van der Waals surface area contributed by atoms with Crippen LogP contribution in [-0.2, 0) is 9.59 Å². The summed E-state index contributed by atoms with van der Waals surface area (Å²) in [6.45, 7) is 28.3. The molecule has 0 unspecified atom stereocenters. The quantitative estimate of drug-likeness (QED) is 0.112. The Labute approximate surface area is 387 Å². The Morgan fingerprint density at radius 1 is 0.323 bits per heavy atom. The first-order valence-corrected chi connectivity index (χ1v) is 23.6. The zero-order valence-electron chi connectivity index (χ0n) is 40.0. The maximum Gasteiger partial charge on any atom is 0.218 e. The third-order valence-electron chi connectivity index (χ3n) is 6.30. The molecule has 0 N–H and O–H groups in total. The zero-order chi connectivity index (χ0) is 48.1. The Morgan fingerprint density at radius 2 is 0.452 bits per heavy atom. The molecule has 336 valence electrons. The summed E-state index contributed by atoms with van der Waals surface area (Å²) >= 11 is 7.97. The van der Waals surface area contributed by atoms with Crippen LogP contribution >= 0.6 is 34.3 Å². The SMILES string of the molecule is CC.CC.CC.CC.CC.CC.CC(=O)Cl.CC(C)=O.O=c1c2ccccc2sc2ccccc12.O=c1c2ccccc2sc2ccccc12.c1ccccc1.c1ccccc1. The molecule has 0 atom stereocenters. The van der Waals surface area contributed by atoms with Gasteiger partial charge in [0, 0.05) is 47.3 Å². The fraction of sp³-hybridized carbons (Fsp3) is 0.273. The smallest absolute Gasteiger partial charge is 0.218 e. The number of hydrogen-bond donors (Lipinski definition) is 0. The molecule has 0 aliphatic heterocycles. The molecule has 0 saturated heterocycles. The van der Waals surface area contributed by atoms with Gasteiger partial charge in [0.25, 0.3) is 0 Å². The molecule has 2 aromatic heterocycles. The van der Waals surface area contributed by atoms with E-state index >= 15 is 0 Å². The van der Waals surface area contributed by atoms with Gasteiger partial charge in [-0.25, -0.2) is 0 Å². The second-order valence-electron chi connectivity index (χ2n) is 10.5. The van der Waals surface area contributed by atoms with E-state index in [4.69, 9.17) is 0 Å². The van der Waals surface area contributed by atoms with Crippen LogP contribution in [0.15, 0.2) is 179 Å². The molecule has 2 heterocycles. The normalized spacial score (nSPS) is 8.26. The van der Waals surface area contributed by atoms with Crippen LogP contribution in [0.1, 0.15) is 104 Å². The standard InChI is InChI=1S/2C13H8OS.2C6H6.C3H6O.C2H3ClO.6C2H6/c2*14-13-9-5-1-3-7-11(9)15-12-8-4-2-6-10(12)13;2*1-2-4-6-5-3-1;1-3(2)4;1-2(3)4;6*1-2/h2*1-8H;2*1-6H;1-2H3;1H3;6*1-2H3. The van der Waals surface area contributed by atoms with Crippen molar-refractivity contribution in [3.8, 4) is 0 Å². The fourth-order valence-electron chi connectivity index (χ4n) is 4.27. The largest absolute Gasteiger partial charge is 0.300 e. The minimum Gasteiger partial charge on any atom is -0.300 e. The molecule has 0 aliphatic carbocycles. The van der Waals surface area contributed by atoms with Gasteiger partial charge in [-0.3, -0.25) is 14.4 Å². The summed E-state index contributed by atoms with van der Waals surface area (Å²) in [5.41, 5.74) is 0.278. The molecule has 0 spiro atoms. The van der Waals surface area contributed by atoms with Crippen molar-refractivity contribution in [2.75, 3.05) is 0 Å². The van der Waals surface area contributed by atoms with E-state index in [2.05, 4.69) is 11.6 Å². The molecular formula is C55H73ClO4S2. The zero-order valence-corrected chi connectivity index (χ0v) is 42.4. The number of benzene rings is 6. The van der Waals surface area contributed by atoms with Crippen molar-refractivity contribution < 1.29 is 9.59 Å². The number of hydrogen-bond acceptors (Lipinski definition) is 6. The first-order chi connectivity index (χ1) is 30.2. The van der Waals surface area contributed by atoms with Crippen LogP contribution in [0.25, 0.3) is 40.3 Å². The summed E-state index contributed by atoms with van der Waals surface area (Å²) in [4.78, 5) is 42.8. The summed E-state index contributed by atoms with van der Waals surface area (Å²) in [6, 6.07) is 55.0. The van der Waals surface area contributed by atoms with Gasteiger partial charge in [-0.15, -0.1) is 22.7 Å². The van der Waals surface area contributed by atoms with Crippen LogP contribution < -0.4 is 10.9 Å². The van der Waals surface area contributed by atoms with Crippen molar-refractivity contribution in [3.05, 3.63) is 190 Å². The Kier molecular flexibility index (Phi) is 46.3. The highest BCUT2D eigenvalue weighted by Gasteiger charge is 2.04. The number of ketones is 1. The Bertz CT molecular complexity index is 2010. The van der Waals surface area contributed by atoms with Gasteiger partial charge >= 0.3 is 0 Å². The lowest BCUT2D eigenvalue weighted by atomic mass is 10.2. The number of carbonyl (C=O) groups excluding carboxylic acids is 2. The minimum absolute atomic E-state index is 0.139. The maximum absolute atomic E-state index is 12.1. The van der Waals surface area contributed by atoms with Gasteiger partial charge in [0.05, 0.1) is 0 Å². The van der Waals surface area contributed by atoms with Crippen molar-refractivity contribution in [2.24, 2.45) is 0 Å². The monoisotopic (exact) mass is 896 g/mol. The topological polar surface area (TPSA) is 68.3 Å². The van der Waals surface area contributed by atoms with E-state index in [1.807, 2.05) is 253 Å². The number of Topliss-reactive ketones (excluding diaryl/α,β-unsaturated/α-hetero) is 1. The molecule has 0 bridgehead atoms. The molecular weight excluding hydrogens is 824 g/mol. The number of carbonyl (C=O) groups is 2. The average molecular weight is 898 g/mol. The first-order valence-electron chi connectivity index (χ1n) is 21.6. The van der Waals surface area contributed by atoms with Gasteiger partial charge < -0.3 is 4.79 Å². The van der Waals surface area contributed by atoms with Gasteiger partial charge in [-0.2, -0.15) is 0 Å². The third kappa shape index (κ3) is 28.3. The van der Waals surface area contributed by atoms with Crippen LogP contribution in [0.4, 0.5) is 0 Å². The number of fused-ring (bicyclic) bond motifs is 4. The molecule has 0 radical (unpaired) electrons. The van der Waals surface area contributed by atoms with Crippen LogP contribution in [0.5, 0.6) is 0 Å². The summed E-state index contributed by atoms with van der Waals surface area (Å²) < 4.78 is 4.23. The van der Waals surface area contributed by atoms with Crippen molar-refractivity contribution in [3.63, 3.8) is 0 Å². The van der Waals surface area contributed by atoms with Crippen molar-refractivity contribution >= 4 is 85.6 Å². The lowest BCUT2D eigenvalue weighted by Gasteiger charge is -1.99. The van der Waals surface area contributed by atoms with Gasteiger partial charge in [0.1, 0.15) is 5.78 Å². The minimum atomic E-state index is -0.361. The molecule has 0 saturated carbocycles. The van der Waals surface area contributed by atoms with Crippen molar-refractivity contribution in [1.29, 1.82) is 0 Å². The molecule has 0 fully saturated rings. The van der Waals surface area contributed by atoms with Crippen molar-refractivity contribution in [2.45, 2.75) is 104 Å². The second kappa shape index (κ2) is 45.3. The van der Waals surface area contributed by atoms with E-state index in [9.17, 15) is 19.2 Å². The molecule has 0 aliphatic rings. The third-order valence-corrected chi connectivity index (χ3v) is 8.60. The summed E-state index contributed by atoms with van der Waals surface area (Å²) in [5.74, 6) is 0.167. The van der Waals surface area contributed by atoms with E-state index in [0.29, 0.717) is 0 Å². The predicted octanol–water partition coefficient (Wildman–Crippen LogP) is 17.7. The van der Waals surface area contributed by atoms with Crippen LogP contribution in [-0.4, -0.2) is 11.0 Å². The van der Waals surface area contributed by atoms with Gasteiger partial charge in [0.15, 0.2) is 10.9 Å². The van der Waals surface area contributed by atoms with E-state index < -0.39 is 0 Å². The molecule has 8 rings (SSSR count). The average Bonchev–Trinajstić information content (AvgIpc) is 3.34. The van der Waals surface area contributed by atoms with Crippen molar-refractivity contribution in [1.82, 2.24) is 0 Å². The highest BCUT2D eigenvalue weighted by atomic mass is 35.5. The van der Waals surface area contributed by atoms with E-state index in [1.165, 1.54) is 20.8 Å². The lowest BCUT2D eigenvalue weighted by Crippen LogP contribution is -1.99. The predicted molar refractivity (Wildman–Crippen MR) is 285 cm³/mol. The van der Waals surface area contributed by atoms with E-state index in [-0.39, 0.29) is 21.9 Å². The highest BCUT2D eigenvalue weighted by molar-refractivity contribution is 7.24. The molecule has 62 heavy (non-hydrogen) atoms. The van der Waals surface area contributed by atoms with Crippen LogP contribution in [0.3, 0.4) is 0 Å². The lowest BCUT2D eigenvalue weighted by molar-refractivity contribution is -0.115. The highest BCUT2D eigenvalue weighted by Crippen LogP contribution is 2.24. The number of rotatable bonds is 0. The number of halogens is 1. The van der Waals surface area contributed by atoms with Gasteiger partial charge in [-0.05, 0) is 74.0 Å². The Hall–Kier alpha value is -5.27. The molecule has 8 aromatic rings. The molecule has 7 heteroatoms. The molecule has 0 amide bonds. The van der Waals surface area contributed by atoms with E-state index in [1.54, 1.807) is 22.7 Å². The fourth-order valence-corrected chi connectivity index (χ4v) is 6.41. The maximum atomic E-state index is 12.1. The first kappa shape index (κ1) is 63.4. The second-order valence-corrected chi connectivity index (χ2v) is 13.2. The summed E-state index contributed by atoms with van der Waals surface area (Å²) in [5, 5.41) is 2.92. The van der Waals surface area contributed by atoms with Crippen LogP contribution in [0.2, 0.25) is 0 Å². The summed E-state index contributed by atoms with van der Waals surface area (Å²) in [7, 11) is 0. The molecule has 4 nitrogen and oxygen atoms in total. The summed E-state index contributed by atoms with van der Waals surface area (Å²) in [6.07, 6.45) is 0.